The molecular weight excluding hydrogens is 431 g/mol. The highest BCUT2D eigenvalue weighted by Gasteiger charge is 2.39. The van der Waals surface area contributed by atoms with Gasteiger partial charge in [0, 0.05) is 25.9 Å². The van der Waals surface area contributed by atoms with Gasteiger partial charge in [-0.25, -0.2) is 17.6 Å². The molecule has 0 unspecified atom stereocenters. The second-order valence-corrected chi connectivity index (χ2v) is 5.31. The van der Waals surface area contributed by atoms with Gasteiger partial charge in [0.05, 0.1) is 13.1 Å². The van der Waals surface area contributed by atoms with Gasteiger partial charge in [-0.2, -0.15) is 10.3 Å². The van der Waals surface area contributed by atoms with E-state index in [1.54, 1.807) is 0 Å². The molecule has 0 bridgehead atoms. The van der Waals surface area contributed by atoms with Crippen molar-refractivity contribution in [2.24, 2.45) is 32.9 Å². The molecule has 0 aromatic carbocycles. The first-order chi connectivity index (χ1) is 11.9. The summed E-state index contributed by atoms with van der Waals surface area (Å²) in [6.07, 6.45) is 1.16. The van der Waals surface area contributed by atoms with E-state index in [0.717, 1.165) is 4.90 Å². The lowest BCUT2D eigenvalue weighted by atomic mass is 10.3. The van der Waals surface area contributed by atoms with E-state index >= 15 is 0 Å². The minimum Gasteiger partial charge on any atom is -0.370 e. The average Bonchev–Trinajstić information content (AvgIpc) is 3.04. The predicted octanol–water partition coefficient (Wildman–Crippen LogP) is -0.265. The van der Waals surface area contributed by atoms with Crippen LogP contribution < -0.4 is 28.3 Å². The molecule has 0 aliphatic carbocycles. The summed E-state index contributed by atoms with van der Waals surface area (Å²) in [5.41, 5.74) is 19.4. The first kappa shape index (κ1) is 30.5. The molecular formula is C12H24Cl2F4N10. The fourth-order valence-corrected chi connectivity index (χ4v) is 1.80. The molecule has 28 heavy (non-hydrogen) atoms. The molecule has 0 atom stereocenters. The molecule has 10 N–H and O–H groups in total. The highest BCUT2D eigenvalue weighted by Crippen LogP contribution is 2.26. The van der Waals surface area contributed by atoms with E-state index in [-0.39, 0.29) is 68.6 Å². The van der Waals surface area contributed by atoms with E-state index in [2.05, 4.69) is 15.3 Å². The maximum Gasteiger partial charge on any atom is 0.267 e. The number of likely N-dealkylation sites (tertiary alicyclic amines) is 1. The Morgan fingerprint density at radius 2 is 1.61 bits per heavy atom. The number of nitrogens with one attached hydrogen (secondary N) is 2. The number of aliphatic imine (C=N–C) groups is 2. The van der Waals surface area contributed by atoms with Crippen molar-refractivity contribution in [3.63, 3.8) is 0 Å². The first-order valence-electron chi connectivity index (χ1n) is 7.26. The fraction of sp³-hybridized carbons (Fsp3) is 0.667. The van der Waals surface area contributed by atoms with Crippen LogP contribution in [-0.2, 0) is 0 Å². The molecule has 0 saturated carbocycles. The van der Waals surface area contributed by atoms with Gasteiger partial charge in [0.15, 0.2) is 5.96 Å². The number of alkyl halides is 4. The smallest absolute Gasteiger partial charge is 0.267 e. The van der Waals surface area contributed by atoms with Crippen LogP contribution in [0.4, 0.5) is 17.6 Å². The van der Waals surface area contributed by atoms with Gasteiger partial charge in [0.2, 0.25) is 18.1 Å². The van der Waals surface area contributed by atoms with E-state index < -0.39 is 18.4 Å². The second-order valence-electron chi connectivity index (χ2n) is 5.31. The Kier molecular flexibility index (Phi) is 15.1. The maximum atomic E-state index is 12.6. The summed E-state index contributed by atoms with van der Waals surface area (Å²) in [6.45, 7) is -0.0365. The Morgan fingerprint density at radius 3 is 1.82 bits per heavy atom. The Labute approximate surface area is 171 Å². The van der Waals surface area contributed by atoms with Crippen LogP contribution in [0.2, 0.25) is 0 Å². The SMILES string of the molecule is Cl.Cl.FC1(F)CCNC1.N#CN=C(N)N.N=C(N=C(N)N)N1CCC(F)(F)C1. The van der Waals surface area contributed by atoms with Crippen molar-refractivity contribution in [1.82, 2.24) is 10.2 Å². The molecule has 2 rings (SSSR count). The maximum absolute atomic E-state index is 12.6. The Hall–Kier alpha value is -2.24. The molecule has 0 spiro atoms. The molecule has 0 amide bonds. The van der Waals surface area contributed by atoms with Crippen LogP contribution in [-0.4, -0.2) is 60.8 Å². The zero-order chi connectivity index (χ0) is 20.4. The third-order valence-corrected chi connectivity index (χ3v) is 2.93. The van der Waals surface area contributed by atoms with Crippen molar-refractivity contribution >= 4 is 42.7 Å². The van der Waals surface area contributed by atoms with Crippen LogP contribution in [0.15, 0.2) is 9.98 Å². The lowest BCUT2D eigenvalue weighted by molar-refractivity contribution is 0.0173. The summed E-state index contributed by atoms with van der Waals surface area (Å²) < 4.78 is 49.0. The molecule has 2 saturated heterocycles. The van der Waals surface area contributed by atoms with Gasteiger partial charge in [0.1, 0.15) is 0 Å². The lowest BCUT2D eigenvalue weighted by Crippen LogP contribution is -2.33. The van der Waals surface area contributed by atoms with E-state index in [9.17, 15) is 17.6 Å². The highest BCUT2D eigenvalue weighted by molar-refractivity contribution is 5.91. The van der Waals surface area contributed by atoms with Gasteiger partial charge in [-0.1, -0.05) is 0 Å². The van der Waals surface area contributed by atoms with Crippen LogP contribution in [0, 0.1) is 16.9 Å². The standard InChI is InChI=1S/C6H11F2N5.C4H7F2N.C2H4N4.2ClH/c7-6(8)1-2-13(3-6)5(11)12-4(9)10;5-4(6)1-2-7-3-4;3-1-6-2(4)5;;/h1-3H2,(H5,9,10,11,12);7H,1-3H2;(H4,4,5,6);2*1H. The van der Waals surface area contributed by atoms with Gasteiger partial charge in [-0.15, -0.1) is 29.8 Å². The van der Waals surface area contributed by atoms with E-state index in [1.807, 2.05) is 0 Å². The van der Waals surface area contributed by atoms with Crippen molar-refractivity contribution in [3.05, 3.63) is 0 Å². The van der Waals surface area contributed by atoms with Crippen LogP contribution in [0.5, 0.6) is 0 Å². The Balaban J connectivity index is -0.000000357. The van der Waals surface area contributed by atoms with Crippen molar-refractivity contribution < 1.29 is 17.6 Å². The summed E-state index contributed by atoms with van der Waals surface area (Å²) in [5.74, 6) is -5.94. The number of rotatable bonds is 0. The molecule has 164 valence electrons. The predicted molar refractivity (Wildman–Crippen MR) is 103 cm³/mol. The fourth-order valence-electron chi connectivity index (χ4n) is 1.80. The van der Waals surface area contributed by atoms with E-state index in [0.29, 0.717) is 6.54 Å². The Morgan fingerprint density at radius 1 is 1.04 bits per heavy atom. The average molecular weight is 455 g/mol. The van der Waals surface area contributed by atoms with Gasteiger partial charge < -0.3 is 33.2 Å². The molecule has 10 nitrogen and oxygen atoms in total. The van der Waals surface area contributed by atoms with Gasteiger partial charge in [0.25, 0.3) is 11.8 Å². The van der Waals surface area contributed by atoms with Crippen LogP contribution in [0.3, 0.4) is 0 Å². The monoisotopic (exact) mass is 454 g/mol. The molecule has 2 aliphatic heterocycles. The number of hydrogen-bond acceptors (Lipinski definition) is 4. The number of halogens is 6. The van der Waals surface area contributed by atoms with E-state index in [4.69, 9.17) is 33.6 Å². The molecule has 0 aromatic rings. The van der Waals surface area contributed by atoms with Crippen LogP contribution in [0.25, 0.3) is 0 Å². The zero-order valence-electron chi connectivity index (χ0n) is 14.7. The van der Waals surface area contributed by atoms with Gasteiger partial charge >= 0.3 is 0 Å². The number of nitriles is 1. The van der Waals surface area contributed by atoms with Crippen LogP contribution >= 0.6 is 24.8 Å². The largest absolute Gasteiger partial charge is 0.370 e. The Bertz CT molecular complexity index is 563. The number of hydrogen-bond donors (Lipinski definition) is 6. The number of nitrogens with zero attached hydrogens (tertiary/aromatic N) is 4. The van der Waals surface area contributed by atoms with E-state index in [1.165, 1.54) is 6.19 Å². The summed E-state index contributed by atoms with van der Waals surface area (Å²) >= 11 is 0. The second kappa shape index (κ2) is 13.9. The molecule has 0 radical (unpaired) electrons. The third-order valence-electron chi connectivity index (χ3n) is 2.93. The van der Waals surface area contributed by atoms with Crippen LogP contribution in [0.1, 0.15) is 12.8 Å². The summed E-state index contributed by atoms with van der Waals surface area (Å²) in [7, 11) is 0. The van der Waals surface area contributed by atoms with Gasteiger partial charge in [-0.3, -0.25) is 5.41 Å². The minimum absolute atomic E-state index is 0. The quantitative estimate of drug-likeness (QED) is 0.125. The molecule has 2 aliphatic rings. The first-order valence-corrected chi connectivity index (χ1v) is 7.26. The molecule has 16 heteroatoms. The van der Waals surface area contributed by atoms with Crippen molar-refractivity contribution in [2.45, 2.75) is 24.7 Å². The number of guanidine groups is 3. The molecule has 2 fully saturated rings. The normalized spacial score (nSPS) is 17.6. The summed E-state index contributed by atoms with van der Waals surface area (Å²) in [4.78, 5) is 7.41. The van der Waals surface area contributed by atoms with Crippen molar-refractivity contribution in [3.8, 4) is 6.19 Å². The summed E-state index contributed by atoms with van der Waals surface area (Å²) in [5, 5.41) is 17.4. The lowest BCUT2D eigenvalue weighted by Gasteiger charge is -2.14. The van der Waals surface area contributed by atoms with Crippen molar-refractivity contribution in [2.75, 3.05) is 26.2 Å². The topological polar surface area (TPSA) is 192 Å². The van der Waals surface area contributed by atoms with Crippen molar-refractivity contribution in [1.29, 1.82) is 10.7 Å². The van der Waals surface area contributed by atoms with Gasteiger partial charge in [-0.05, 0) is 0 Å². The summed E-state index contributed by atoms with van der Waals surface area (Å²) in [6, 6.07) is 0. The third kappa shape index (κ3) is 14.9. The minimum atomic E-state index is -2.73. The zero-order valence-corrected chi connectivity index (χ0v) is 16.3. The highest BCUT2D eigenvalue weighted by atomic mass is 35.5. The molecule has 2 heterocycles. The molecule has 0 aromatic heterocycles. The number of nitrogens with two attached hydrogens (primary N) is 4.